The van der Waals surface area contributed by atoms with Gasteiger partial charge >= 0.3 is 0 Å². The lowest BCUT2D eigenvalue weighted by molar-refractivity contribution is 0.0371. The second kappa shape index (κ2) is 8.93. The molecule has 3 unspecified atom stereocenters. The van der Waals surface area contributed by atoms with E-state index in [1.165, 1.54) is 0 Å². The number of halogens is 4. The number of hydrogen-bond acceptors (Lipinski definition) is 5. The minimum atomic E-state index is -4.27. The highest BCUT2D eigenvalue weighted by molar-refractivity contribution is 7.92. The zero-order valence-electron chi connectivity index (χ0n) is 16.0. The Labute approximate surface area is 175 Å². The Morgan fingerprint density at radius 2 is 1.68 bits per heavy atom. The molecule has 1 saturated carbocycles. The second-order valence-corrected chi connectivity index (χ2v) is 9.54. The Balaban J connectivity index is 1.87. The van der Waals surface area contributed by atoms with Crippen molar-refractivity contribution >= 4 is 21.4 Å². The molecule has 11 heteroatoms. The van der Waals surface area contributed by atoms with Crippen molar-refractivity contribution in [3.63, 3.8) is 0 Å². The van der Waals surface area contributed by atoms with E-state index in [2.05, 4.69) is 5.32 Å². The van der Waals surface area contributed by atoms with Crippen LogP contribution in [-0.2, 0) is 9.84 Å². The average Bonchev–Trinajstić information content (AvgIpc) is 2.72. The summed E-state index contributed by atoms with van der Waals surface area (Å²) in [4.78, 5) is 11.6. The summed E-state index contributed by atoms with van der Waals surface area (Å²) < 4.78 is 79.9. The van der Waals surface area contributed by atoms with Crippen LogP contribution in [0.15, 0.2) is 35.2 Å². The van der Waals surface area contributed by atoms with Crippen molar-refractivity contribution in [3.8, 4) is 0 Å². The molecule has 0 aromatic heterocycles. The number of carbonyl (C=O) groups is 1. The van der Waals surface area contributed by atoms with Crippen LogP contribution in [0.5, 0.6) is 0 Å². The highest BCUT2D eigenvalue weighted by Crippen LogP contribution is 2.33. The summed E-state index contributed by atoms with van der Waals surface area (Å²) in [6, 6.07) is 3.62. The highest BCUT2D eigenvalue weighted by Gasteiger charge is 2.38. The summed E-state index contributed by atoms with van der Waals surface area (Å²) in [5.41, 5.74) is -0.727. The molecule has 1 aliphatic carbocycles. The van der Waals surface area contributed by atoms with Gasteiger partial charge in [0.25, 0.3) is 5.91 Å². The van der Waals surface area contributed by atoms with Crippen molar-refractivity contribution in [2.45, 2.75) is 35.5 Å². The predicted octanol–water partition coefficient (Wildman–Crippen LogP) is 2.79. The van der Waals surface area contributed by atoms with E-state index in [4.69, 9.17) is 0 Å². The number of aliphatic hydroxyl groups excluding tert-OH is 2. The molecule has 1 aliphatic rings. The predicted molar refractivity (Wildman–Crippen MR) is 102 cm³/mol. The van der Waals surface area contributed by atoms with Crippen molar-refractivity contribution in [2.75, 3.05) is 11.9 Å². The maximum absolute atomic E-state index is 14.3. The van der Waals surface area contributed by atoms with E-state index in [1.54, 1.807) is 0 Å². The Morgan fingerprint density at radius 1 is 1.03 bits per heavy atom. The first kappa shape index (κ1) is 23.2. The SMILES string of the molecule is O=C(Nc1cc(F)c(F)c(F)c1)c1ccc(F)c(S(=O)(=O)C2CCC(CO)C(O)C2)c1. The van der Waals surface area contributed by atoms with E-state index < -0.39 is 66.9 Å². The summed E-state index contributed by atoms with van der Waals surface area (Å²) in [5, 5.41) is 20.2. The standard InChI is InChI=1S/C20H19F4NO5S/c21-14-4-2-10(20(28)25-12-6-15(22)19(24)16(23)7-12)5-18(14)31(29,30)13-3-1-11(9-26)17(27)8-13/h2,4-7,11,13,17,26-27H,1,3,8-9H2,(H,25,28). The van der Waals surface area contributed by atoms with Crippen LogP contribution >= 0.6 is 0 Å². The number of carbonyl (C=O) groups excluding carboxylic acids is 1. The molecule has 3 N–H and O–H groups in total. The second-order valence-electron chi connectivity index (χ2n) is 7.34. The molecule has 2 aromatic carbocycles. The third kappa shape index (κ3) is 4.73. The summed E-state index contributed by atoms with van der Waals surface area (Å²) in [7, 11) is -4.27. The van der Waals surface area contributed by atoms with Crippen molar-refractivity contribution in [1.29, 1.82) is 0 Å². The zero-order chi connectivity index (χ0) is 22.9. The number of benzene rings is 2. The number of amides is 1. The number of sulfone groups is 1. The first-order valence-corrected chi connectivity index (χ1v) is 10.9. The van der Waals surface area contributed by atoms with Gasteiger partial charge in [0.15, 0.2) is 27.3 Å². The summed E-state index contributed by atoms with van der Waals surface area (Å²) >= 11 is 0. The molecule has 1 amide bonds. The molecule has 3 atom stereocenters. The first-order chi connectivity index (χ1) is 14.5. The van der Waals surface area contributed by atoms with Crippen LogP contribution in [0.4, 0.5) is 23.2 Å². The van der Waals surface area contributed by atoms with Gasteiger partial charge < -0.3 is 15.5 Å². The van der Waals surface area contributed by atoms with E-state index in [1.807, 2.05) is 0 Å². The quantitative estimate of drug-likeness (QED) is 0.469. The third-order valence-electron chi connectivity index (χ3n) is 5.32. The lowest BCUT2D eigenvalue weighted by Crippen LogP contribution is -2.38. The van der Waals surface area contributed by atoms with E-state index in [-0.39, 0.29) is 31.4 Å². The van der Waals surface area contributed by atoms with Gasteiger partial charge in [0.05, 0.1) is 11.4 Å². The van der Waals surface area contributed by atoms with Gasteiger partial charge in [-0.05, 0) is 37.5 Å². The molecule has 0 saturated heterocycles. The van der Waals surface area contributed by atoms with Gasteiger partial charge in [-0.2, -0.15) is 0 Å². The van der Waals surface area contributed by atoms with Gasteiger partial charge in [0.1, 0.15) is 10.7 Å². The maximum atomic E-state index is 14.3. The summed E-state index contributed by atoms with van der Waals surface area (Å²) in [6.45, 7) is -0.303. The number of hydrogen-bond donors (Lipinski definition) is 3. The van der Waals surface area contributed by atoms with E-state index >= 15 is 0 Å². The molecular formula is C20H19F4NO5S. The topological polar surface area (TPSA) is 104 Å². The van der Waals surface area contributed by atoms with Crippen molar-refractivity contribution in [1.82, 2.24) is 0 Å². The van der Waals surface area contributed by atoms with Crippen LogP contribution in [0.1, 0.15) is 29.6 Å². The lowest BCUT2D eigenvalue weighted by atomic mass is 9.87. The fraction of sp³-hybridized carbons (Fsp3) is 0.350. The Hall–Kier alpha value is -2.50. The van der Waals surface area contributed by atoms with Gasteiger partial charge in [0.2, 0.25) is 0 Å². The van der Waals surface area contributed by atoms with Crippen LogP contribution in [0, 0.1) is 29.2 Å². The Kier molecular flexibility index (Phi) is 6.68. The fourth-order valence-corrected chi connectivity index (χ4v) is 5.43. The monoisotopic (exact) mass is 461 g/mol. The molecule has 1 fully saturated rings. The zero-order valence-corrected chi connectivity index (χ0v) is 16.8. The van der Waals surface area contributed by atoms with Gasteiger partial charge in [-0.3, -0.25) is 4.79 Å². The van der Waals surface area contributed by atoms with Gasteiger partial charge in [0, 0.05) is 35.9 Å². The van der Waals surface area contributed by atoms with Gasteiger partial charge in [-0.1, -0.05) is 0 Å². The van der Waals surface area contributed by atoms with Crippen molar-refractivity contribution < 1.29 is 41.0 Å². The van der Waals surface area contributed by atoms with Crippen molar-refractivity contribution in [2.24, 2.45) is 5.92 Å². The van der Waals surface area contributed by atoms with Crippen LogP contribution in [0.2, 0.25) is 0 Å². The Morgan fingerprint density at radius 3 is 2.26 bits per heavy atom. The molecule has 168 valence electrons. The maximum Gasteiger partial charge on any atom is 0.255 e. The van der Waals surface area contributed by atoms with Crippen molar-refractivity contribution in [3.05, 3.63) is 59.2 Å². The average molecular weight is 461 g/mol. The molecule has 31 heavy (non-hydrogen) atoms. The lowest BCUT2D eigenvalue weighted by Gasteiger charge is -2.31. The van der Waals surface area contributed by atoms with Gasteiger partial charge in [-0.25, -0.2) is 26.0 Å². The Bertz CT molecular complexity index is 1090. The molecule has 0 spiro atoms. The largest absolute Gasteiger partial charge is 0.396 e. The smallest absolute Gasteiger partial charge is 0.255 e. The van der Waals surface area contributed by atoms with Crippen LogP contribution in [0.3, 0.4) is 0 Å². The van der Waals surface area contributed by atoms with E-state index in [9.17, 15) is 41.0 Å². The number of anilines is 1. The highest BCUT2D eigenvalue weighted by atomic mass is 32.2. The first-order valence-electron chi connectivity index (χ1n) is 9.32. The van der Waals surface area contributed by atoms with Crippen LogP contribution < -0.4 is 5.32 Å². The van der Waals surface area contributed by atoms with E-state index in [0.29, 0.717) is 12.1 Å². The molecule has 6 nitrogen and oxygen atoms in total. The third-order valence-corrected chi connectivity index (χ3v) is 7.55. The summed E-state index contributed by atoms with van der Waals surface area (Å²) in [6.07, 6.45) is -0.951. The van der Waals surface area contributed by atoms with Crippen LogP contribution in [0.25, 0.3) is 0 Å². The molecule has 3 rings (SSSR count). The molecule has 0 heterocycles. The fourth-order valence-electron chi connectivity index (χ4n) is 3.54. The number of rotatable bonds is 5. The molecule has 0 bridgehead atoms. The minimum absolute atomic E-state index is 0.0919. The normalized spacial score (nSPS) is 21.7. The molecular weight excluding hydrogens is 442 g/mol. The molecule has 0 radical (unpaired) electrons. The number of nitrogens with one attached hydrogen (secondary N) is 1. The minimum Gasteiger partial charge on any atom is -0.396 e. The molecule has 2 aromatic rings. The van der Waals surface area contributed by atoms with Gasteiger partial charge in [-0.15, -0.1) is 0 Å². The molecule has 0 aliphatic heterocycles. The summed E-state index contributed by atoms with van der Waals surface area (Å²) in [5.74, 6) is -7.35. The number of aliphatic hydroxyl groups is 2. The van der Waals surface area contributed by atoms with Crippen LogP contribution in [-0.4, -0.2) is 42.5 Å². The van der Waals surface area contributed by atoms with E-state index in [0.717, 1.165) is 18.2 Å².